The van der Waals surface area contributed by atoms with Gasteiger partial charge in [-0.05, 0) is 0 Å². The van der Waals surface area contributed by atoms with Crippen molar-refractivity contribution in [1.82, 2.24) is 0 Å². The Morgan fingerprint density at radius 1 is 0.900 bits per heavy atom. The fourth-order valence-corrected chi connectivity index (χ4v) is 4.66. The summed E-state index contributed by atoms with van der Waals surface area (Å²) in [6.07, 6.45) is 0. The summed E-state index contributed by atoms with van der Waals surface area (Å²) < 4.78 is 0. The minimum atomic E-state index is -3.33. The SMILES string of the molecule is CC([PH](C)(O)O)[PH](C)(O)O. The monoisotopic (exact) mass is 190 g/mol. The molecule has 0 aromatic carbocycles. The third-order valence-electron chi connectivity index (χ3n) is 1.64. The molecule has 0 aliphatic carbocycles. The van der Waals surface area contributed by atoms with Crippen LogP contribution < -0.4 is 0 Å². The first-order valence-corrected chi connectivity index (χ1v) is 7.99. The maximum absolute atomic E-state index is 9.03. The molecule has 0 aliphatic rings. The van der Waals surface area contributed by atoms with Crippen molar-refractivity contribution in [3.63, 3.8) is 0 Å². The van der Waals surface area contributed by atoms with Gasteiger partial charge in [0.1, 0.15) is 0 Å². The van der Waals surface area contributed by atoms with E-state index in [2.05, 4.69) is 0 Å². The van der Waals surface area contributed by atoms with E-state index < -0.39 is 20.8 Å². The van der Waals surface area contributed by atoms with Crippen molar-refractivity contribution >= 4 is 15.4 Å². The van der Waals surface area contributed by atoms with Crippen molar-refractivity contribution in [2.45, 2.75) is 12.3 Å². The topological polar surface area (TPSA) is 80.9 Å². The third-order valence-corrected chi connectivity index (χ3v) is 8.20. The molecule has 0 atom stereocenters. The summed E-state index contributed by atoms with van der Waals surface area (Å²) in [6, 6.07) is 0. The van der Waals surface area contributed by atoms with Gasteiger partial charge in [0, 0.05) is 0 Å². The van der Waals surface area contributed by atoms with Gasteiger partial charge < -0.3 is 0 Å². The Morgan fingerprint density at radius 2 is 1.10 bits per heavy atom. The van der Waals surface area contributed by atoms with Gasteiger partial charge in [0.05, 0.1) is 0 Å². The Bertz CT molecular complexity index is 99.4. The summed E-state index contributed by atoms with van der Waals surface area (Å²) in [5, 5.41) is -0.736. The first-order valence-electron chi connectivity index (χ1n) is 3.05. The first kappa shape index (κ1) is 10.7. The Balaban J connectivity index is 4.23. The molecule has 0 aromatic rings. The molecule has 6 heteroatoms. The van der Waals surface area contributed by atoms with Crippen molar-refractivity contribution in [3.8, 4) is 0 Å². The van der Waals surface area contributed by atoms with Gasteiger partial charge in [0.25, 0.3) is 0 Å². The summed E-state index contributed by atoms with van der Waals surface area (Å²) in [5.41, 5.74) is 0. The molecule has 0 bridgehead atoms. The van der Waals surface area contributed by atoms with Gasteiger partial charge in [0.2, 0.25) is 0 Å². The molecule has 0 saturated heterocycles. The van der Waals surface area contributed by atoms with E-state index in [1.807, 2.05) is 0 Å². The van der Waals surface area contributed by atoms with Gasteiger partial charge in [-0.3, -0.25) is 0 Å². The van der Waals surface area contributed by atoms with E-state index in [1.54, 1.807) is 0 Å². The normalized spacial score (nSPS) is 20.3. The fourth-order valence-electron chi connectivity index (χ4n) is 0.518. The Kier molecular flexibility index (Phi) is 3.19. The van der Waals surface area contributed by atoms with Crippen LogP contribution in [0, 0.1) is 0 Å². The van der Waals surface area contributed by atoms with Crippen molar-refractivity contribution in [2.75, 3.05) is 13.3 Å². The van der Waals surface area contributed by atoms with Gasteiger partial charge in [-0.2, -0.15) is 0 Å². The molecule has 0 rings (SSSR count). The molecule has 66 valence electrons. The maximum atomic E-state index is 9.03. The van der Waals surface area contributed by atoms with Crippen LogP contribution in [-0.4, -0.2) is 38.3 Å². The van der Waals surface area contributed by atoms with Gasteiger partial charge in [0.15, 0.2) is 0 Å². The molecular weight excluding hydrogens is 174 g/mol. The second kappa shape index (κ2) is 2.98. The summed E-state index contributed by atoms with van der Waals surface area (Å²) >= 11 is 0. The molecule has 0 aliphatic heterocycles. The molecule has 0 heterocycles. The third kappa shape index (κ3) is 3.20. The Morgan fingerprint density at radius 3 is 1.10 bits per heavy atom. The number of hydrogen-bond donors (Lipinski definition) is 4. The zero-order valence-electron chi connectivity index (χ0n) is 6.37. The number of rotatable bonds is 2. The van der Waals surface area contributed by atoms with Crippen LogP contribution >= 0.6 is 15.4 Å². The zero-order chi connectivity index (χ0) is 8.58. The van der Waals surface area contributed by atoms with Gasteiger partial charge in [-0.1, -0.05) is 0 Å². The standard InChI is InChI=1S/C4H16O4P2/c1-4(9(2,5)6)10(3,7)8/h4-10H,1-3H3. The second-order valence-electron chi connectivity index (χ2n) is 2.91. The van der Waals surface area contributed by atoms with Gasteiger partial charge >= 0.3 is 60.7 Å². The molecule has 0 aromatic heterocycles. The molecule has 0 amide bonds. The first-order chi connectivity index (χ1) is 4.15. The predicted octanol–water partition coefficient (Wildman–Crippen LogP) is -0.279. The minimum absolute atomic E-state index is 0.736. The van der Waals surface area contributed by atoms with Crippen LogP contribution in [0.3, 0.4) is 0 Å². The zero-order valence-corrected chi connectivity index (χ0v) is 8.37. The van der Waals surface area contributed by atoms with Crippen LogP contribution in [0.5, 0.6) is 0 Å². The van der Waals surface area contributed by atoms with E-state index >= 15 is 0 Å². The van der Waals surface area contributed by atoms with Crippen molar-refractivity contribution in [1.29, 1.82) is 0 Å². The molecule has 10 heavy (non-hydrogen) atoms. The quantitative estimate of drug-likeness (QED) is 0.451. The van der Waals surface area contributed by atoms with E-state index in [0.29, 0.717) is 0 Å². The van der Waals surface area contributed by atoms with Crippen molar-refractivity contribution < 1.29 is 19.6 Å². The average Bonchev–Trinajstić information content (AvgIpc) is 1.59. The van der Waals surface area contributed by atoms with Crippen LogP contribution in [0.4, 0.5) is 0 Å². The van der Waals surface area contributed by atoms with E-state index in [0.717, 1.165) is 0 Å². The van der Waals surface area contributed by atoms with E-state index in [4.69, 9.17) is 19.6 Å². The van der Waals surface area contributed by atoms with Crippen LogP contribution in [0.1, 0.15) is 6.92 Å². The second-order valence-corrected chi connectivity index (χ2v) is 9.60. The molecule has 0 fully saturated rings. The van der Waals surface area contributed by atoms with Crippen LogP contribution in [-0.2, 0) is 0 Å². The van der Waals surface area contributed by atoms with Gasteiger partial charge in [-0.15, -0.1) is 0 Å². The van der Waals surface area contributed by atoms with Crippen LogP contribution in [0.2, 0.25) is 0 Å². The molecule has 0 saturated carbocycles. The summed E-state index contributed by atoms with van der Waals surface area (Å²) in [6.45, 7) is 4.00. The Hall–Kier alpha value is 0.700. The molecule has 4 N–H and O–H groups in total. The molecule has 0 radical (unpaired) electrons. The Labute approximate surface area is 61.5 Å². The number of hydrogen-bond acceptors (Lipinski definition) is 4. The van der Waals surface area contributed by atoms with E-state index in [1.165, 1.54) is 20.3 Å². The molecule has 4 nitrogen and oxygen atoms in total. The van der Waals surface area contributed by atoms with Gasteiger partial charge in [-0.25, -0.2) is 0 Å². The van der Waals surface area contributed by atoms with Crippen LogP contribution in [0.15, 0.2) is 0 Å². The summed E-state index contributed by atoms with van der Waals surface area (Å²) in [4.78, 5) is 36.1. The predicted molar refractivity (Wildman–Crippen MR) is 46.8 cm³/mol. The fraction of sp³-hybridized carbons (Fsp3) is 1.00. The van der Waals surface area contributed by atoms with Crippen molar-refractivity contribution in [3.05, 3.63) is 0 Å². The average molecular weight is 190 g/mol. The molecule has 0 spiro atoms. The van der Waals surface area contributed by atoms with E-state index in [-0.39, 0.29) is 0 Å². The summed E-state index contributed by atoms with van der Waals surface area (Å²) in [5.74, 6) is 0. The van der Waals surface area contributed by atoms with Crippen molar-refractivity contribution in [2.24, 2.45) is 0 Å². The molecule has 0 unspecified atom stereocenters. The van der Waals surface area contributed by atoms with Crippen LogP contribution in [0.25, 0.3) is 0 Å². The molecular formula is C4H16O4P2. The van der Waals surface area contributed by atoms with E-state index in [9.17, 15) is 0 Å². The summed E-state index contributed by atoms with van der Waals surface area (Å²) in [7, 11) is -6.67.